The highest BCUT2D eigenvalue weighted by Crippen LogP contribution is 2.17. The molecule has 6 heteroatoms. The maximum atomic E-state index is 12.5. The lowest BCUT2D eigenvalue weighted by Crippen LogP contribution is -2.45. The fourth-order valence-corrected chi connectivity index (χ4v) is 8.83. The molecule has 0 bridgehead atoms. The van der Waals surface area contributed by atoms with Crippen LogP contribution in [0.3, 0.4) is 0 Å². The van der Waals surface area contributed by atoms with E-state index in [-0.39, 0.29) is 18.5 Å². The van der Waals surface area contributed by atoms with E-state index in [0.717, 1.165) is 51.4 Å². The molecule has 0 aliphatic rings. The number of carbonyl (C=O) groups is 2. The predicted molar refractivity (Wildman–Crippen MR) is 278 cm³/mol. The molecule has 378 valence electrons. The van der Waals surface area contributed by atoms with Gasteiger partial charge in [0.05, 0.1) is 25.4 Å². The predicted octanol–water partition coefficient (Wildman–Crippen LogP) is 17.5. The van der Waals surface area contributed by atoms with Crippen LogP contribution in [-0.4, -0.2) is 47.4 Å². The first-order chi connectivity index (χ1) is 31.5. The molecule has 3 N–H and O–H groups in total. The van der Waals surface area contributed by atoms with Gasteiger partial charge in [-0.15, -0.1) is 0 Å². The number of aliphatic hydroxyl groups is 2. The molecule has 0 saturated carbocycles. The molecule has 0 radical (unpaired) electrons. The summed E-state index contributed by atoms with van der Waals surface area (Å²) >= 11 is 0. The average Bonchev–Trinajstić information content (AvgIpc) is 3.29. The Balaban J connectivity index is 3.42. The van der Waals surface area contributed by atoms with Gasteiger partial charge in [0.25, 0.3) is 0 Å². The lowest BCUT2D eigenvalue weighted by Gasteiger charge is -2.22. The van der Waals surface area contributed by atoms with Crippen molar-refractivity contribution in [2.24, 2.45) is 0 Å². The summed E-state index contributed by atoms with van der Waals surface area (Å²) < 4.78 is 5.46. The van der Waals surface area contributed by atoms with E-state index >= 15 is 0 Å². The van der Waals surface area contributed by atoms with Gasteiger partial charge < -0.3 is 20.3 Å². The molecule has 0 heterocycles. The van der Waals surface area contributed by atoms with Crippen LogP contribution in [0.5, 0.6) is 0 Å². The summed E-state index contributed by atoms with van der Waals surface area (Å²) in [5.74, 6) is -0.0480. The fourth-order valence-electron chi connectivity index (χ4n) is 8.83. The number of rotatable bonds is 53. The zero-order valence-corrected chi connectivity index (χ0v) is 43.0. The third kappa shape index (κ3) is 49.8. The van der Waals surface area contributed by atoms with Crippen LogP contribution in [0, 0.1) is 0 Å². The first-order valence-corrected chi connectivity index (χ1v) is 28.6. The zero-order valence-electron chi connectivity index (χ0n) is 43.0. The number of aliphatic hydroxyl groups excluding tert-OH is 2. The van der Waals surface area contributed by atoms with Crippen LogP contribution in [0.1, 0.15) is 309 Å². The van der Waals surface area contributed by atoms with Crippen molar-refractivity contribution in [1.29, 1.82) is 0 Å². The number of carbonyl (C=O) groups excluding carboxylic acids is 2. The van der Waals surface area contributed by atoms with Gasteiger partial charge in [-0.3, -0.25) is 9.59 Å². The van der Waals surface area contributed by atoms with Crippen LogP contribution in [0.2, 0.25) is 0 Å². The number of esters is 1. The number of allylic oxidation sites excluding steroid dienone is 4. The minimum atomic E-state index is -0.668. The quantitative estimate of drug-likeness (QED) is 0.0321. The van der Waals surface area contributed by atoms with E-state index in [0.29, 0.717) is 25.9 Å². The van der Waals surface area contributed by atoms with Gasteiger partial charge in [0, 0.05) is 12.8 Å². The number of hydrogen-bond donors (Lipinski definition) is 3. The Hall–Kier alpha value is -1.66. The number of amides is 1. The third-order valence-corrected chi connectivity index (χ3v) is 13.3. The van der Waals surface area contributed by atoms with Gasteiger partial charge in [0.1, 0.15) is 0 Å². The Morgan fingerprint density at radius 2 is 0.797 bits per heavy atom. The second-order valence-electron chi connectivity index (χ2n) is 19.6. The SMILES string of the molecule is CCCC/C=C\C/C=C\CCCCCCCC(=O)OCCCCCCCCCCCCCCCCCCCC(=O)NC(CO)C(O)CCCCCCCCCCCCCCCCCC. The van der Waals surface area contributed by atoms with Crippen molar-refractivity contribution in [1.82, 2.24) is 5.32 Å². The fraction of sp³-hybridized carbons (Fsp3) is 0.897. The molecule has 0 saturated heterocycles. The molecule has 0 aromatic rings. The van der Waals surface area contributed by atoms with E-state index in [2.05, 4.69) is 43.5 Å². The Labute approximate surface area is 399 Å². The summed E-state index contributed by atoms with van der Waals surface area (Å²) in [6, 6.07) is -0.546. The second-order valence-corrected chi connectivity index (χ2v) is 19.6. The largest absolute Gasteiger partial charge is 0.466 e. The van der Waals surface area contributed by atoms with Crippen molar-refractivity contribution in [3.05, 3.63) is 24.3 Å². The summed E-state index contributed by atoms with van der Waals surface area (Å²) in [6.45, 7) is 4.91. The normalized spacial score (nSPS) is 12.8. The molecule has 0 aromatic carbocycles. The van der Waals surface area contributed by atoms with Gasteiger partial charge in [0.15, 0.2) is 0 Å². The van der Waals surface area contributed by atoms with E-state index in [1.54, 1.807) is 0 Å². The monoisotopic (exact) mass is 902 g/mol. The van der Waals surface area contributed by atoms with Crippen LogP contribution in [-0.2, 0) is 14.3 Å². The van der Waals surface area contributed by atoms with Crippen LogP contribution in [0.15, 0.2) is 24.3 Å². The first kappa shape index (κ1) is 62.3. The molecule has 6 nitrogen and oxygen atoms in total. The summed E-state index contributed by atoms with van der Waals surface area (Å²) in [5, 5.41) is 23.3. The summed E-state index contributed by atoms with van der Waals surface area (Å²) in [7, 11) is 0. The van der Waals surface area contributed by atoms with Gasteiger partial charge in [-0.2, -0.15) is 0 Å². The van der Waals surface area contributed by atoms with Gasteiger partial charge in [0.2, 0.25) is 5.91 Å². The van der Waals surface area contributed by atoms with Gasteiger partial charge >= 0.3 is 5.97 Å². The standard InChI is InChI=1S/C58H111NO5/c1-3-5-7-9-11-13-15-17-19-23-26-30-34-38-42-46-50-56(61)55(54-60)59-57(62)51-47-43-39-35-31-27-24-21-20-22-25-29-33-37-41-45-49-53-64-58(63)52-48-44-40-36-32-28-18-16-14-12-10-8-6-4-2/h10,12,16,18,55-56,60-61H,3-9,11,13-15,17,19-54H2,1-2H3,(H,59,62)/b12-10-,18-16-. The minimum Gasteiger partial charge on any atom is -0.466 e. The van der Waals surface area contributed by atoms with Crippen LogP contribution >= 0.6 is 0 Å². The van der Waals surface area contributed by atoms with Crippen LogP contribution in [0.4, 0.5) is 0 Å². The zero-order chi connectivity index (χ0) is 46.5. The highest BCUT2D eigenvalue weighted by atomic mass is 16.5. The summed E-state index contributed by atoms with van der Waals surface area (Å²) in [4.78, 5) is 24.5. The minimum absolute atomic E-state index is 0.00896. The van der Waals surface area contributed by atoms with E-state index in [1.807, 2.05) is 0 Å². The molecule has 0 fully saturated rings. The molecule has 0 aliphatic carbocycles. The molecule has 2 unspecified atom stereocenters. The van der Waals surface area contributed by atoms with Crippen molar-refractivity contribution >= 4 is 11.9 Å². The first-order valence-electron chi connectivity index (χ1n) is 28.6. The molecule has 0 aliphatic heterocycles. The third-order valence-electron chi connectivity index (χ3n) is 13.3. The highest BCUT2D eigenvalue weighted by molar-refractivity contribution is 5.76. The maximum Gasteiger partial charge on any atom is 0.305 e. The Kier molecular flexibility index (Phi) is 52.6. The molecule has 0 spiro atoms. The Morgan fingerprint density at radius 3 is 1.23 bits per heavy atom. The molecule has 1 amide bonds. The topological polar surface area (TPSA) is 95.9 Å². The van der Waals surface area contributed by atoms with E-state index < -0.39 is 12.1 Å². The van der Waals surface area contributed by atoms with E-state index in [1.165, 1.54) is 225 Å². The van der Waals surface area contributed by atoms with Crippen molar-refractivity contribution < 1.29 is 24.5 Å². The molecular formula is C58H111NO5. The Morgan fingerprint density at radius 1 is 0.438 bits per heavy atom. The molecule has 64 heavy (non-hydrogen) atoms. The van der Waals surface area contributed by atoms with Crippen molar-refractivity contribution in [2.75, 3.05) is 13.2 Å². The molecule has 0 aromatic heterocycles. The van der Waals surface area contributed by atoms with Gasteiger partial charge in [-0.05, 0) is 51.4 Å². The lowest BCUT2D eigenvalue weighted by molar-refractivity contribution is -0.143. The smallest absolute Gasteiger partial charge is 0.305 e. The summed E-state index contributed by atoms with van der Waals surface area (Å²) in [5.41, 5.74) is 0. The Bertz CT molecular complexity index is 997. The average molecular weight is 903 g/mol. The van der Waals surface area contributed by atoms with Crippen LogP contribution < -0.4 is 5.32 Å². The second kappa shape index (κ2) is 54.0. The maximum absolute atomic E-state index is 12.5. The van der Waals surface area contributed by atoms with Crippen molar-refractivity contribution in [3.63, 3.8) is 0 Å². The van der Waals surface area contributed by atoms with Crippen LogP contribution in [0.25, 0.3) is 0 Å². The summed E-state index contributed by atoms with van der Waals surface area (Å²) in [6.07, 6.45) is 64.4. The number of unbranched alkanes of at least 4 members (excludes halogenated alkanes) is 38. The highest BCUT2D eigenvalue weighted by Gasteiger charge is 2.20. The van der Waals surface area contributed by atoms with E-state index in [4.69, 9.17) is 4.74 Å². The van der Waals surface area contributed by atoms with Crippen molar-refractivity contribution in [2.45, 2.75) is 321 Å². The molecular weight excluding hydrogens is 791 g/mol. The van der Waals surface area contributed by atoms with E-state index in [9.17, 15) is 19.8 Å². The van der Waals surface area contributed by atoms with Crippen molar-refractivity contribution in [3.8, 4) is 0 Å². The van der Waals surface area contributed by atoms with Gasteiger partial charge in [-0.25, -0.2) is 0 Å². The molecule has 2 atom stereocenters. The number of hydrogen-bond acceptors (Lipinski definition) is 5. The number of ether oxygens (including phenoxy) is 1. The van der Waals surface area contributed by atoms with Gasteiger partial charge in [-0.1, -0.05) is 269 Å². The molecule has 0 rings (SSSR count). The lowest BCUT2D eigenvalue weighted by atomic mass is 10.0. The number of nitrogens with one attached hydrogen (secondary N) is 1.